The second kappa shape index (κ2) is 8.65. The summed E-state index contributed by atoms with van der Waals surface area (Å²) in [4.78, 5) is 35.1. The van der Waals surface area contributed by atoms with Gasteiger partial charge in [-0.3, -0.25) is 19.7 Å². The molecule has 158 valence electrons. The molecule has 4 aromatic rings. The molecule has 3 aromatic carbocycles. The van der Waals surface area contributed by atoms with E-state index in [0.717, 1.165) is 5.69 Å². The van der Waals surface area contributed by atoms with Crippen LogP contribution in [0.15, 0.2) is 85.1 Å². The zero-order chi connectivity index (χ0) is 22.7. The third kappa shape index (κ3) is 4.29. The van der Waals surface area contributed by atoms with Gasteiger partial charge < -0.3 is 5.32 Å². The highest BCUT2D eigenvalue weighted by Gasteiger charge is 2.20. The predicted octanol–water partition coefficient (Wildman–Crippen LogP) is 4.90. The first-order valence-electron chi connectivity index (χ1n) is 9.74. The summed E-state index contributed by atoms with van der Waals surface area (Å²) < 4.78 is 1.59. The van der Waals surface area contributed by atoms with E-state index in [0.29, 0.717) is 28.1 Å². The highest BCUT2D eigenvalue weighted by atomic mass is 16.6. The van der Waals surface area contributed by atoms with Crippen molar-refractivity contribution in [1.82, 2.24) is 9.78 Å². The Labute approximate surface area is 183 Å². The van der Waals surface area contributed by atoms with Crippen LogP contribution in [0.25, 0.3) is 16.9 Å². The maximum absolute atomic E-state index is 13.1. The van der Waals surface area contributed by atoms with E-state index < -0.39 is 10.8 Å². The monoisotopic (exact) mass is 426 g/mol. The molecule has 1 heterocycles. The number of hydrogen-bond donors (Lipinski definition) is 1. The van der Waals surface area contributed by atoms with Gasteiger partial charge in [-0.2, -0.15) is 5.10 Å². The van der Waals surface area contributed by atoms with Crippen molar-refractivity contribution >= 4 is 23.1 Å². The van der Waals surface area contributed by atoms with Crippen molar-refractivity contribution in [2.24, 2.45) is 0 Å². The Balaban J connectivity index is 1.72. The van der Waals surface area contributed by atoms with E-state index in [1.165, 1.54) is 19.1 Å². The Morgan fingerprint density at radius 2 is 1.59 bits per heavy atom. The zero-order valence-electron chi connectivity index (χ0n) is 17.1. The van der Waals surface area contributed by atoms with Gasteiger partial charge in [0.15, 0.2) is 5.78 Å². The maximum Gasteiger partial charge on any atom is 0.269 e. The number of nitro groups is 1. The van der Waals surface area contributed by atoms with Crippen LogP contribution in [-0.4, -0.2) is 26.4 Å². The molecule has 1 aromatic heterocycles. The molecule has 0 bridgehead atoms. The number of rotatable bonds is 6. The number of nitrogens with zero attached hydrogens (tertiary/aromatic N) is 3. The van der Waals surface area contributed by atoms with E-state index in [1.807, 2.05) is 30.3 Å². The molecule has 8 heteroatoms. The van der Waals surface area contributed by atoms with Crippen molar-refractivity contribution in [1.29, 1.82) is 0 Å². The third-order valence-corrected chi connectivity index (χ3v) is 4.88. The average molecular weight is 426 g/mol. The Morgan fingerprint density at radius 3 is 2.19 bits per heavy atom. The van der Waals surface area contributed by atoms with E-state index >= 15 is 0 Å². The first kappa shape index (κ1) is 20.7. The zero-order valence-corrected chi connectivity index (χ0v) is 17.1. The van der Waals surface area contributed by atoms with Crippen LogP contribution in [0.1, 0.15) is 27.6 Å². The van der Waals surface area contributed by atoms with Gasteiger partial charge in [0.05, 0.1) is 16.2 Å². The summed E-state index contributed by atoms with van der Waals surface area (Å²) in [6.07, 6.45) is 1.62. The normalized spacial score (nSPS) is 10.5. The molecule has 0 spiro atoms. The van der Waals surface area contributed by atoms with Gasteiger partial charge in [0.2, 0.25) is 0 Å². The number of nitro benzene ring substituents is 1. The van der Waals surface area contributed by atoms with Crippen LogP contribution >= 0.6 is 0 Å². The van der Waals surface area contributed by atoms with E-state index in [-0.39, 0.29) is 11.5 Å². The van der Waals surface area contributed by atoms with Gasteiger partial charge in [0.25, 0.3) is 11.6 Å². The van der Waals surface area contributed by atoms with Gasteiger partial charge in [-0.25, -0.2) is 4.68 Å². The molecular formula is C24H18N4O4. The summed E-state index contributed by atoms with van der Waals surface area (Å²) >= 11 is 0. The highest BCUT2D eigenvalue weighted by Crippen LogP contribution is 2.26. The van der Waals surface area contributed by atoms with Crippen molar-refractivity contribution in [3.8, 4) is 16.9 Å². The minimum atomic E-state index is -0.481. The predicted molar refractivity (Wildman–Crippen MR) is 120 cm³/mol. The number of non-ortho nitro benzene ring substituents is 1. The van der Waals surface area contributed by atoms with Crippen molar-refractivity contribution in [2.45, 2.75) is 6.92 Å². The Hall–Kier alpha value is -4.59. The topological polar surface area (TPSA) is 107 Å². The molecule has 0 aliphatic rings. The summed E-state index contributed by atoms with van der Waals surface area (Å²) in [7, 11) is 0. The highest BCUT2D eigenvalue weighted by molar-refractivity contribution is 6.08. The molecule has 8 nitrogen and oxygen atoms in total. The van der Waals surface area contributed by atoms with Crippen molar-refractivity contribution in [2.75, 3.05) is 5.32 Å². The average Bonchev–Trinajstić information content (AvgIpc) is 3.26. The number of carbonyl (C=O) groups is 2. The smallest absolute Gasteiger partial charge is 0.269 e. The fraction of sp³-hybridized carbons (Fsp3) is 0.0417. The molecule has 0 saturated heterocycles. The van der Waals surface area contributed by atoms with Crippen LogP contribution in [0.5, 0.6) is 0 Å². The van der Waals surface area contributed by atoms with Crippen LogP contribution in [0.2, 0.25) is 0 Å². The molecule has 1 amide bonds. The van der Waals surface area contributed by atoms with Crippen LogP contribution in [0.3, 0.4) is 0 Å². The number of carbonyl (C=O) groups excluding carboxylic acids is 2. The second-order valence-corrected chi connectivity index (χ2v) is 7.06. The van der Waals surface area contributed by atoms with Crippen molar-refractivity contribution in [3.63, 3.8) is 0 Å². The number of hydrogen-bond acceptors (Lipinski definition) is 5. The van der Waals surface area contributed by atoms with Gasteiger partial charge in [-0.05, 0) is 55.5 Å². The fourth-order valence-corrected chi connectivity index (χ4v) is 3.19. The minimum absolute atomic E-state index is 0.0483. The van der Waals surface area contributed by atoms with Crippen molar-refractivity contribution < 1.29 is 14.5 Å². The summed E-state index contributed by atoms with van der Waals surface area (Å²) in [5.74, 6) is -0.455. The van der Waals surface area contributed by atoms with Gasteiger partial charge >= 0.3 is 0 Å². The lowest BCUT2D eigenvalue weighted by Gasteiger charge is -2.06. The largest absolute Gasteiger partial charge is 0.322 e. The summed E-state index contributed by atoms with van der Waals surface area (Å²) in [5, 5.41) is 18.4. The molecule has 4 rings (SSSR count). The lowest BCUT2D eigenvalue weighted by atomic mass is 10.1. The fourth-order valence-electron chi connectivity index (χ4n) is 3.19. The van der Waals surface area contributed by atoms with Crippen LogP contribution in [0.4, 0.5) is 11.4 Å². The Kier molecular flexibility index (Phi) is 5.59. The molecular weight excluding hydrogens is 408 g/mol. The van der Waals surface area contributed by atoms with Gasteiger partial charge in [0.1, 0.15) is 5.69 Å². The summed E-state index contributed by atoms with van der Waals surface area (Å²) in [5.41, 5.74) is 3.06. The lowest BCUT2D eigenvalue weighted by molar-refractivity contribution is -0.384. The second-order valence-electron chi connectivity index (χ2n) is 7.06. The minimum Gasteiger partial charge on any atom is -0.322 e. The van der Waals surface area contributed by atoms with E-state index in [1.54, 1.807) is 47.3 Å². The molecule has 0 unspecified atom stereocenters. The van der Waals surface area contributed by atoms with Gasteiger partial charge in [0, 0.05) is 35.1 Å². The van der Waals surface area contributed by atoms with E-state index in [4.69, 9.17) is 0 Å². The third-order valence-electron chi connectivity index (χ3n) is 4.88. The number of nitrogens with one attached hydrogen (secondary N) is 1. The first-order valence-corrected chi connectivity index (χ1v) is 9.74. The number of para-hydroxylation sites is 1. The SMILES string of the molecule is CC(=O)c1ccc(NC(=O)c2cn(-c3ccccc3)nc2-c2ccc([N+](=O)[O-])cc2)cc1. The maximum atomic E-state index is 13.1. The number of benzene rings is 3. The molecule has 32 heavy (non-hydrogen) atoms. The van der Waals surface area contributed by atoms with E-state index in [2.05, 4.69) is 10.4 Å². The molecule has 0 saturated carbocycles. The first-order chi connectivity index (χ1) is 15.4. The van der Waals surface area contributed by atoms with E-state index in [9.17, 15) is 19.7 Å². The van der Waals surface area contributed by atoms with Crippen molar-refractivity contribution in [3.05, 3.63) is 106 Å². The molecule has 0 aliphatic carbocycles. The lowest BCUT2D eigenvalue weighted by Crippen LogP contribution is -2.12. The summed E-state index contributed by atoms with van der Waals surface area (Å²) in [6.45, 7) is 1.47. The quantitative estimate of drug-likeness (QED) is 0.268. The number of amides is 1. The molecule has 0 radical (unpaired) electrons. The molecule has 0 fully saturated rings. The Bertz CT molecular complexity index is 1290. The number of Topliss-reactive ketones (excluding diaryl/α,β-unsaturated/α-hetero) is 1. The van der Waals surface area contributed by atoms with Crippen LogP contribution < -0.4 is 5.32 Å². The van der Waals surface area contributed by atoms with Gasteiger partial charge in [-0.15, -0.1) is 0 Å². The number of ketones is 1. The van der Waals surface area contributed by atoms with Crippen LogP contribution in [-0.2, 0) is 0 Å². The van der Waals surface area contributed by atoms with Gasteiger partial charge in [-0.1, -0.05) is 18.2 Å². The standard InChI is InChI=1S/C24H18N4O4/c1-16(29)17-7-11-19(12-8-17)25-24(30)22-15-27(20-5-3-2-4-6-20)26-23(22)18-9-13-21(14-10-18)28(31)32/h2-15H,1H3,(H,25,30). The molecule has 0 atom stereocenters. The summed E-state index contributed by atoms with van der Waals surface area (Å²) in [6, 6.07) is 21.8. The molecule has 1 N–H and O–H groups in total. The Morgan fingerprint density at radius 1 is 0.938 bits per heavy atom. The molecule has 0 aliphatic heterocycles. The number of anilines is 1. The number of aromatic nitrogens is 2. The van der Waals surface area contributed by atoms with Crippen LogP contribution in [0, 0.1) is 10.1 Å².